The number of carbonyl (C=O) groups excluding carboxylic acids is 3. The number of anilines is 1. The first-order chi connectivity index (χ1) is 12.7. The highest BCUT2D eigenvalue weighted by molar-refractivity contribution is 5.96. The van der Waals surface area contributed by atoms with Crippen molar-refractivity contribution in [2.75, 3.05) is 19.0 Å². The molecule has 1 aromatic rings. The molecular formula is C20H30N2O5. The maximum absolute atomic E-state index is 12.2. The Bertz CT molecular complexity index is 638. The minimum atomic E-state index is -0.587. The lowest BCUT2D eigenvalue weighted by Gasteiger charge is -2.19. The number of hydrogen-bond donors (Lipinski definition) is 2. The van der Waals surface area contributed by atoms with Crippen LogP contribution in [0.25, 0.3) is 0 Å². The fourth-order valence-corrected chi connectivity index (χ4v) is 2.31. The third-order valence-electron chi connectivity index (χ3n) is 3.59. The Hall–Kier alpha value is -2.57. The maximum Gasteiger partial charge on any atom is 0.412 e. The van der Waals surface area contributed by atoms with Crippen LogP contribution in [0.4, 0.5) is 10.5 Å². The Morgan fingerprint density at radius 2 is 1.74 bits per heavy atom. The van der Waals surface area contributed by atoms with E-state index in [1.165, 1.54) is 7.11 Å². The molecular weight excluding hydrogens is 348 g/mol. The predicted molar refractivity (Wildman–Crippen MR) is 104 cm³/mol. The van der Waals surface area contributed by atoms with Gasteiger partial charge in [-0.25, -0.2) is 4.79 Å². The number of methoxy groups -OCH3 is 1. The van der Waals surface area contributed by atoms with E-state index in [2.05, 4.69) is 15.4 Å². The number of unbranched alkanes of at least 4 members (excludes halogenated alkanes) is 3. The third-order valence-corrected chi connectivity index (χ3v) is 3.59. The van der Waals surface area contributed by atoms with Gasteiger partial charge in [0, 0.05) is 24.2 Å². The fourth-order valence-electron chi connectivity index (χ4n) is 2.31. The number of nitrogens with one attached hydrogen (secondary N) is 2. The second-order valence-corrected chi connectivity index (χ2v) is 7.20. The van der Waals surface area contributed by atoms with Crippen LogP contribution in [-0.2, 0) is 14.3 Å². The zero-order valence-electron chi connectivity index (χ0n) is 16.6. The van der Waals surface area contributed by atoms with Gasteiger partial charge in [0.25, 0.3) is 5.91 Å². The van der Waals surface area contributed by atoms with Crippen LogP contribution in [0.3, 0.4) is 0 Å². The van der Waals surface area contributed by atoms with Gasteiger partial charge in [-0.3, -0.25) is 14.9 Å². The van der Waals surface area contributed by atoms with Crippen LogP contribution >= 0.6 is 0 Å². The number of rotatable bonds is 9. The summed E-state index contributed by atoms with van der Waals surface area (Å²) < 4.78 is 9.78. The molecule has 0 aliphatic carbocycles. The highest BCUT2D eigenvalue weighted by atomic mass is 16.6. The second-order valence-electron chi connectivity index (χ2n) is 7.20. The van der Waals surface area contributed by atoms with Crippen molar-refractivity contribution in [2.24, 2.45) is 0 Å². The number of esters is 1. The monoisotopic (exact) mass is 378 g/mol. The largest absolute Gasteiger partial charge is 0.469 e. The molecule has 0 spiro atoms. The van der Waals surface area contributed by atoms with Crippen molar-refractivity contribution in [1.82, 2.24) is 5.32 Å². The third kappa shape index (κ3) is 10.2. The fraction of sp³-hybridized carbons (Fsp3) is 0.550. The van der Waals surface area contributed by atoms with Crippen molar-refractivity contribution in [3.63, 3.8) is 0 Å². The van der Waals surface area contributed by atoms with E-state index in [9.17, 15) is 14.4 Å². The Morgan fingerprint density at radius 1 is 1.04 bits per heavy atom. The summed E-state index contributed by atoms with van der Waals surface area (Å²) >= 11 is 0. The summed E-state index contributed by atoms with van der Waals surface area (Å²) in [6.07, 6.45) is 3.34. The number of benzene rings is 1. The molecule has 7 heteroatoms. The van der Waals surface area contributed by atoms with Gasteiger partial charge >= 0.3 is 12.1 Å². The summed E-state index contributed by atoms with van der Waals surface area (Å²) in [5.74, 6) is -0.388. The van der Waals surface area contributed by atoms with Gasteiger partial charge in [0.15, 0.2) is 0 Å². The maximum atomic E-state index is 12.2. The van der Waals surface area contributed by atoms with Gasteiger partial charge in [-0.05, 0) is 51.8 Å². The molecule has 0 aliphatic heterocycles. The summed E-state index contributed by atoms with van der Waals surface area (Å²) in [6, 6.07) is 6.69. The predicted octanol–water partition coefficient (Wildman–Crippen LogP) is 3.89. The highest BCUT2D eigenvalue weighted by Crippen LogP contribution is 2.14. The molecule has 27 heavy (non-hydrogen) atoms. The summed E-state index contributed by atoms with van der Waals surface area (Å²) in [5, 5.41) is 5.47. The van der Waals surface area contributed by atoms with Gasteiger partial charge in [0.2, 0.25) is 0 Å². The van der Waals surface area contributed by atoms with Crippen molar-refractivity contribution >= 4 is 23.7 Å². The zero-order chi connectivity index (χ0) is 20.3. The standard InChI is InChI=1S/C20H30N2O5/c1-20(2,3)27-19(25)22-16-11-9-10-15(14-16)18(24)21-13-8-6-5-7-12-17(23)26-4/h9-11,14H,5-8,12-13H2,1-4H3,(H,21,24)(H,22,25). The van der Waals surface area contributed by atoms with E-state index >= 15 is 0 Å². The van der Waals surface area contributed by atoms with Crippen LogP contribution in [0.2, 0.25) is 0 Å². The van der Waals surface area contributed by atoms with Crippen molar-refractivity contribution < 1.29 is 23.9 Å². The molecule has 0 atom stereocenters. The van der Waals surface area contributed by atoms with Gasteiger partial charge in [-0.15, -0.1) is 0 Å². The van der Waals surface area contributed by atoms with E-state index in [1.807, 2.05) is 0 Å². The molecule has 0 unspecified atom stereocenters. The number of amides is 2. The van der Waals surface area contributed by atoms with Gasteiger partial charge in [0.1, 0.15) is 5.60 Å². The molecule has 0 fully saturated rings. The van der Waals surface area contributed by atoms with Crippen molar-refractivity contribution in [3.05, 3.63) is 29.8 Å². The second kappa shape index (κ2) is 11.2. The minimum Gasteiger partial charge on any atom is -0.469 e. The lowest BCUT2D eigenvalue weighted by molar-refractivity contribution is -0.140. The molecule has 2 N–H and O–H groups in total. The summed E-state index contributed by atoms with van der Waals surface area (Å²) in [7, 11) is 1.38. The van der Waals surface area contributed by atoms with E-state index in [4.69, 9.17) is 4.74 Å². The van der Waals surface area contributed by atoms with Crippen molar-refractivity contribution in [2.45, 2.75) is 58.5 Å². The average Bonchev–Trinajstić information content (AvgIpc) is 2.58. The molecule has 0 radical (unpaired) electrons. The lowest BCUT2D eigenvalue weighted by atomic mass is 10.1. The SMILES string of the molecule is COC(=O)CCCCCCNC(=O)c1cccc(NC(=O)OC(C)(C)C)c1. The van der Waals surface area contributed by atoms with Gasteiger partial charge in [-0.1, -0.05) is 18.9 Å². The van der Waals surface area contributed by atoms with Crippen molar-refractivity contribution in [3.8, 4) is 0 Å². The molecule has 1 aromatic carbocycles. The first kappa shape index (κ1) is 22.5. The van der Waals surface area contributed by atoms with E-state index < -0.39 is 11.7 Å². The minimum absolute atomic E-state index is 0.192. The first-order valence-electron chi connectivity index (χ1n) is 9.16. The van der Waals surface area contributed by atoms with E-state index in [0.717, 1.165) is 25.7 Å². The topological polar surface area (TPSA) is 93.7 Å². The Labute approximate surface area is 160 Å². The molecule has 150 valence electrons. The Kier molecular flexibility index (Phi) is 9.33. The van der Waals surface area contributed by atoms with Crippen LogP contribution in [0, 0.1) is 0 Å². The average molecular weight is 378 g/mol. The zero-order valence-corrected chi connectivity index (χ0v) is 16.6. The van der Waals surface area contributed by atoms with Crippen LogP contribution in [0.5, 0.6) is 0 Å². The van der Waals surface area contributed by atoms with E-state index in [-0.39, 0.29) is 11.9 Å². The number of carbonyl (C=O) groups is 3. The summed E-state index contributed by atoms with van der Waals surface area (Å²) in [6.45, 7) is 5.91. The molecule has 0 heterocycles. The molecule has 2 amide bonds. The van der Waals surface area contributed by atoms with Gasteiger partial charge in [-0.2, -0.15) is 0 Å². The highest BCUT2D eigenvalue weighted by Gasteiger charge is 2.16. The van der Waals surface area contributed by atoms with E-state index in [1.54, 1.807) is 45.0 Å². The molecule has 1 rings (SSSR count). The number of hydrogen-bond acceptors (Lipinski definition) is 5. The Morgan fingerprint density at radius 3 is 2.41 bits per heavy atom. The normalized spacial score (nSPS) is 10.8. The number of ether oxygens (including phenoxy) is 2. The molecule has 7 nitrogen and oxygen atoms in total. The first-order valence-corrected chi connectivity index (χ1v) is 9.16. The molecule has 0 aromatic heterocycles. The van der Waals surface area contributed by atoms with Crippen LogP contribution in [0.1, 0.15) is 63.2 Å². The van der Waals surface area contributed by atoms with Crippen LogP contribution in [-0.4, -0.2) is 37.2 Å². The van der Waals surface area contributed by atoms with Crippen LogP contribution < -0.4 is 10.6 Å². The van der Waals surface area contributed by atoms with Crippen LogP contribution in [0.15, 0.2) is 24.3 Å². The summed E-state index contributed by atoms with van der Waals surface area (Å²) in [5.41, 5.74) is 0.379. The summed E-state index contributed by atoms with van der Waals surface area (Å²) in [4.78, 5) is 35.0. The molecule has 0 saturated heterocycles. The van der Waals surface area contributed by atoms with Crippen molar-refractivity contribution in [1.29, 1.82) is 0 Å². The van der Waals surface area contributed by atoms with Gasteiger partial charge < -0.3 is 14.8 Å². The van der Waals surface area contributed by atoms with Gasteiger partial charge in [0.05, 0.1) is 7.11 Å². The molecule has 0 bridgehead atoms. The Balaban J connectivity index is 2.35. The molecule has 0 aliphatic rings. The molecule has 0 saturated carbocycles. The van der Waals surface area contributed by atoms with E-state index in [0.29, 0.717) is 24.2 Å². The lowest BCUT2D eigenvalue weighted by Crippen LogP contribution is -2.27. The quantitative estimate of drug-likeness (QED) is 0.502. The smallest absolute Gasteiger partial charge is 0.412 e.